The number of piperazine rings is 1. The largest absolute Gasteiger partial charge is 0.448 e. The molecule has 2 aromatic rings. The summed E-state index contributed by atoms with van der Waals surface area (Å²) in [6.07, 6.45) is 2.99. The van der Waals surface area contributed by atoms with E-state index in [0.29, 0.717) is 55.2 Å². The maximum atomic E-state index is 13.0. The van der Waals surface area contributed by atoms with Crippen molar-refractivity contribution in [3.05, 3.63) is 35.2 Å². The van der Waals surface area contributed by atoms with E-state index in [-0.39, 0.29) is 11.7 Å². The number of aromatic nitrogens is 1. The average Bonchev–Trinajstić information content (AvgIpc) is 3.10. The van der Waals surface area contributed by atoms with Gasteiger partial charge in [0, 0.05) is 57.7 Å². The summed E-state index contributed by atoms with van der Waals surface area (Å²) >= 11 is 3.31. The third kappa shape index (κ3) is 4.21. The minimum Gasteiger partial charge on any atom is -0.448 e. The van der Waals surface area contributed by atoms with Crippen molar-refractivity contribution in [2.45, 2.75) is 6.54 Å². The Labute approximate surface area is 161 Å². The van der Waals surface area contributed by atoms with Crippen LogP contribution in [0.5, 0.6) is 0 Å². The minimum atomic E-state index is -2.97. The second-order valence-corrected chi connectivity index (χ2v) is 9.53. The molecular formula is C17H22BrN3O4S. The molecule has 9 heteroatoms. The molecule has 0 spiro atoms. The number of amides is 1. The number of carbonyl (C=O) groups is 1. The Morgan fingerprint density at radius 1 is 1.31 bits per heavy atom. The Bertz CT molecular complexity index is 923. The molecular weight excluding hydrogens is 422 g/mol. The van der Waals surface area contributed by atoms with Crippen molar-refractivity contribution in [1.82, 2.24) is 14.4 Å². The van der Waals surface area contributed by atoms with E-state index in [1.165, 1.54) is 6.26 Å². The van der Waals surface area contributed by atoms with Gasteiger partial charge in [0.2, 0.25) is 0 Å². The highest BCUT2D eigenvalue weighted by Gasteiger charge is 2.26. The van der Waals surface area contributed by atoms with Gasteiger partial charge in [-0.3, -0.25) is 9.69 Å². The number of carbonyl (C=O) groups excluding carboxylic acids is 1. The fourth-order valence-corrected chi connectivity index (χ4v) is 4.13. The summed E-state index contributed by atoms with van der Waals surface area (Å²) in [5.41, 5.74) is 2.09. The Morgan fingerprint density at radius 2 is 2.00 bits per heavy atom. The van der Waals surface area contributed by atoms with Crippen LogP contribution < -0.4 is 0 Å². The van der Waals surface area contributed by atoms with Gasteiger partial charge in [-0.2, -0.15) is 0 Å². The smallest absolute Gasteiger partial charge is 0.270 e. The van der Waals surface area contributed by atoms with Crippen LogP contribution in [0.4, 0.5) is 0 Å². The fraction of sp³-hybridized carbons (Fsp3) is 0.471. The van der Waals surface area contributed by atoms with Crippen molar-refractivity contribution < 1.29 is 17.6 Å². The number of halogens is 1. The molecule has 1 aliphatic heterocycles. The molecule has 0 aliphatic carbocycles. The highest BCUT2D eigenvalue weighted by atomic mass is 79.9. The number of allylic oxidation sites excluding steroid dienone is 1. The standard InChI is InChI=1S/C17H22BrN3O4S/c1-3-4-21-13-12-16(18)25-15(13)11-14(21)17(22)20-7-5-19(6-8-20)9-10-26(2,23)24/h3,11-12H,1,4-10H2,2H3. The molecule has 142 valence electrons. The molecule has 7 nitrogen and oxygen atoms in total. The first-order chi connectivity index (χ1) is 12.3. The number of furan rings is 1. The van der Waals surface area contributed by atoms with E-state index in [2.05, 4.69) is 27.4 Å². The van der Waals surface area contributed by atoms with Gasteiger partial charge in [-0.25, -0.2) is 8.42 Å². The lowest BCUT2D eigenvalue weighted by atomic mass is 10.2. The molecule has 1 fully saturated rings. The first kappa shape index (κ1) is 19.2. The summed E-state index contributed by atoms with van der Waals surface area (Å²) in [6, 6.07) is 3.61. The van der Waals surface area contributed by atoms with Gasteiger partial charge in [0.1, 0.15) is 15.5 Å². The first-order valence-electron chi connectivity index (χ1n) is 8.37. The summed E-state index contributed by atoms with van der Waals surface area (Å²) in [4.78, 5) is 16.9. The van der Waals surface area contributed by atoms with Crippen LogP contribution in [0.2, 0.25) is 0 Å². The predicted octanol–water partition coefficient (Wildman–Crippen LogP) is 1.99. The summed E-state index contributed by atoms with van der Waals surface area (Å²) < 4.78 is 30.7. The van der Waals surface area contributed by atoms with Crippen LogP contribution in [0, 0.1) is 0 Å². The van der Waals surface area contributed by atoms with Crippen LogP contribution in [-0.4, -0.2) is 73.4 Å². The fourth-order valence-electron chi connectivity index (χ4n) is 3.15. The van der Waals surface area contributed by atoms with E-state index in [1.54, 1.807) is 17.0 Å². The Hall–Kier alpha value is -1.58. The van der Waals surface area contributed by atoms with Crippen molar-refractivity contribution in [1.29, 1.82) is 0 Å². The molecule has 2 aromatic heterocycles. The normalized spacial score (nSPS) is 16.3. The molecule has 0 radical (unpaired) electrons. The number of sulfone groups is 1. The summed E-state index contributed by atoms with van der Waals surface area (Å²) in [6.45, 7) is 7.29. The molecule has 0 N–H and O–H groups in total. The Kier molecular flexibility index (Phi) is 5.59. The lowest BCUT2D eigenvalue weighted by Crippen LogP contribution is -2.49. The van der Waals surface area contributed by atoms with E-state index in [0.717, 1.165) is 5.52 Å². The zero-order valence-electron chi connectivity index (χ0n) is 14.6. The van der Waals surface area contributed by atoms with Crippen molar-refractivity contribution in [2.75, 3.05) is 44.7 Å². The van der Waals surface area contributed by atoms with Gasteiger partial charge < -0.3 is 13.9 Å². The minimum absolute atomic E-state index is 0.0443. The highest BCUT2D eigenvalue weighted by Crippen LogP contribution is 2.28. The van der Waals surface area contributed by atoms with Crippen LogP contribution in [0.1, 0.15) is 10.5 Å². The quantitative estimate of drug-likeness (QED) is 0.637. The van der Waals surface area contributed by atoms with Gasteiger partial charge in [-0.1, -0.05) is 6.08 Å². The van der Waals surface area contributed by atoms with E-state index in [1.807, 2.05) is 10.6 Å². The zero-order valence-corrected chi connectivity index (χ0v) is 17.1. The van der Waals surface area contributed by atoms with Crippen LogP contribution in [-0.2, 0) is 16.4 Å². The third-order valence-corrected chi connectivity index (χ3v) is 5.84. The molecule has 0 aromatic carbocycles. The van der Waals surface area contributed by atoms with Gasteiger partial charge in [-0.15, -0.1) is 6.58 Å². The van der Waals surface area contributed by atoms with E-state index in [4.69, 9.17) is 4.42 Å². The summed E-state index contributed by atoms with van der Waals surface area (Å²) in [7, 11) is -2.97. The second-order valence-electron chi connectivity index (χ2n) is 6.49. The summed E-state index contributed by atoms with van der Waals surface area (Å²) in [5.74, 6) is 0.103. The Morgan fingerprint density at radius 3 is 2.62 bits per heavy atom. The molecule has 3 rings (SSSR count). The molecule has 3 heterocycles. The summed E-state index contributed by atoms with van der Waals surface area (Å²) in [5, 5.41) is 0. The van der Waals surface area contributed by atoms with Gasteiger partial charge in [0.15, 0.2) is 10.3 Å². The monoisotopic (exact) mass is 443 g/mol. The lowest BCUT2D eigenvalue weighted by Gasteiger charge is -2.34. The molecule has 0 bridgehead atoms. The van der Waals surface area contributed by atoms with Crippen LogP contribution >= 0.6 is 15.9 Å². The third-order valence-electron chi connectivity index (χ3n) is 4.53. The molecule has 26 heavy (non-hydrogen) atoms. The first-order valence-corrected chi connectivity index (χ1v) is 11.2. The number of nitrogens with zero attached hydrogens (tertiary/aromatic N) is 3. The number of fused-ring (bicyclic) bond motifs is 1. The molecule has 1 amide bonds. The van der Waals surface area contributed by atoms with Crippen LogP contribution in [0.3, 0.4) is 0 Å². The lowest BCUT2D eigenvalue weighted by molar-refractivity contribution is 0.0634. The van der Waals surface area contributed by atoms with Gasteiger partial charge in [0.05, 0.1) is 11.3 Å². The van der Waals surface area contributed by atoms with Gasteiger partial charge in [-0.05, 0) is 15.9 Å². The maximum absolute atomic E-state index is 13.0. The number of rotatable bonds is 6. The van der Waals surface area contributed by atoms with Crippen LogP contribution in [0.25, 0.3) is 11.1 Å². The highest BCUT2D eigenvalue weighted by molar-refractivity contribution is 9.10. The topological polar surface area (TPSA) is 75.8 Å². The van der Waals surface area contributed by atoms with Crippen molar-refractivity contribution in [2.24, 2.45) is 0 Å². The Balaban J connectivity index is 1.70. The van der Waals surface area contributed by atoms with E-state index in [9.17, 15) is 13.2 Å². The predicted molar refractivity (Wildman–Crippen MR) is 104 cm³/mol. The number of hydrogen-bond acceptors (Lipinski definition) is 5. The SMILES string of the molecule is C=CCn1c(C(=O)N2CCN(CCS(C)(=O)=O)CC2)cc2oc(Br)cc21. The molecule has 0 saturated carbocycles. The van der Waals surface area contributed by atoms with Gasteiger partial charge >= 0.3 is 0 Å². The zero-order chi connectivity index (χ0) is 18.9. The van der Waals surface area contributed by atoms with Crippen molar-refractivity contribution in [3.63, 3.8) is 0 Å². The molecule has 0 unspecified atom stereocenters. The second kappa shape index (κ2) is 7.58. The average molecular weight is 444 g/mol. The number of hydrogen-bond donors (Lipinski definition) is 0. The van der Waals surface area contributed by atoms with Crippen molar-refractivity contribution in [3.8, 4) is 0 Å². The molecule has 1 aliphatic rings. The van der Waals surface area contributed by atoms with Crippen LogP contribution in [0.15, 0.2) is 33.9 Å². The van der Waals surface area contributed by atoms with Crippen molar-refractivity contribution >= 4 is 42.8 Å². The van der Waals surface area contributed by atoms with E-state index < -0.39 is 9.84 Å². The van der Waals surface area contributed by atoms with E-state index >= 15 is 0 Å². The van der Waals surface area contributed by atoms with Gasteiger partial charge in [0.25, 0.3) is 5.91 Å². The molecule has 0 atom stereocenters. The molecule has 1 saturated heterocycles. The maximum Gasteiger partial charge on any atom is 0.270 e.